The number of rotatable bonds is 3. The minimum absolute atomic E-state index is 0.214. The standard InChI is InChI=1S/C12H23NO3/c1-12(2,3)16-11(15)13-10-5-4-9(8-10)6-7-14/h9-10,14H,4-8H2,1-3H3,(H,13,15)/t9-,10-/m1/s1. The van der Waals surface area contributed by atoms with Gasteiger partial charge in [-0.3, -0.25) is 0 Å². The number of alkyl carbamates (subject to hydrolysis) is 1. The number of aliphatic hydroxyl groups is 1. The van der Waals surface area contributed by atoms with Gasteiger partial charge in [-0.15, -0.1) is 0 Å². The zero-order chi connectivity index (χ0) is 12.2. The first kappa shape index (κ1) is 13.3. The van der Waals surface area contributed by atoms with E-state index >= 15 is 0 Å². The number of carbonyl (C=O) groups excluding carboxylic acids is 1. The molecule has 16 heavy (non-hydrogen) atoms. The van der Waals surface area contributed by atoms with Crippen LogP contribution in [0.5, 0.6) is 0 Å². The van der Waals surface area contributed by atoms with Crippen LogP contribution in [0, 0.1) is 5.92 Å². The Bertz CT molecular complexity index is 235. The number of hydrogen-bond acceptors (Lipinski definition) is 3. The molecule has 0 bridgehead atoms. The Morgan fingerprint density at radius 3 is 2.69 bits per heavy atom. The average molecular weight is 229 g/mol. The lowest BCUT2D eigenvalue weighted by Crippen LogP contribution is -2.37. The van der Waals surface area contributed by atoms with E-state index in [0.717, 1.165) is 25.7 Å². The van der Waals surface area contributed by atoms with Gasteiger partial charge < -0.3 is 15.2 Å². The third-order valence-corrected chi connectivity index (χ3v) is 2.80. The van der Waals surface area contributed by atoms with E-state index in [2.05, 4.69) is 5.32 Å². The SMILES string of the molecule is CC(C)(C)OC(=O)N[C@@H]1CC[C@H](CCO)C1. The predicted octanol–water partition coefficient (Wildman–Crippen LogP) is 2.06. The predicted molar refractivity (Wildman–Crippen MR) is 62.2 cm³/mol. The molecule has 0 aliphatic heterocycles. The van der Waals surface area contributed by atoms with Gasteiger partial charge in [0.15, 0.2) is 0 Å². The summed E-state index contributed by atoms with van der Waals surface area (Å²) < 4.78 is 5.20. The Morgan fingerprint density at radius 2 is 2.12 bits per heavy atom. The highest BCUT2D eigenvalue weighted by Gasteiger charge is 2.27. The van der Waals surface area contributed by atoms with Crippen LogP contribution in [0.4, 0.5) is 4.79 Å². The third-order valence-electron chi connectivity index (χ3n) is 2.80. The fourth-order valence-corrected chi connectivity index (χ4v) is 2.13. The van der Waals surface area contributed by atoms with Gasteiger partial charge in [0.25, 0.3) is 0 Å². The van der Waals surface area contributed by atoms with Crippen molar-refractivity contribution in [3.63, 3.8) is 0 Å². The second-order valence-corrected chi connectivity index (χ2v) is 5.53. The summed E-state index contributed by atoms with van der Waals surface area (Å²) in [7, 11) is 0. The number of ether oxygens (including phenoxy) is 1. The minimum atomic E-state index is -0.437. The maximum Gasteiger partial charge on any atom is 0.407 e. The molecule has 1 amide bonds. The van der Waals surface area contributed by atoms with E-state index in [-0.39, 0.29) is 18.7 Å². The first-order valence-electron chi connectivity index (χ1n) is 6.01. The zero-order valence-electron chi connectivity index (χ0n) is 10.5. The highest BCUT2D eigenvalue weighted by atomic mass is 16.6. The van der Waals surface area contributed by atoms with Crippen LogP contribution >= 0.6 is 0 Å². The van der Waals surface area contributed by atoms with Gasteiger partial charge >= 0.3 is 6.09 Å². The summed E-state index contributed by atoms with van der Waals surface area (Å²) >= 11 is 0. The number of aliphatic hydroxyl groups excluding tert-OH is 1. The zero-order valence-corrected chi connectivity index (χ0v) is 10.5. The minimum Gasteiger partial charge on any atom is -0.444 e. The molecule has 1 fully saturated rings. The molecule has 94 valence electrons. The third kappa shape index (κ3) is 4.84. The molecule has 0 heterocycles. The van der Waals surface area contributed by atoms with Crippen LogP contribution in [-0.2, 0) is 4.74 Å². The molecule has 1 saturated carbocycles. The van der Waals surface area contributed by atoms with Crippen LogP contribution in [0.3, 0.4) is 0 Å². The molecule has 0 aromatic carbocycles. The van der Waals surface area contributed by atoms with E-state index in [0.29, 0.717) is 5.92 Å². The molecule has 0 spiro atoms. The van der Waals surface area contributed by atoms with Crippen LogP contribution < -0.4 is 5.32 Å². The van der Waals surface area contributed by atoms with Crippen molar-refractivity contribution in [2.75, 3.05) is 6.61 Å². The summed E-state index contributed by atoms with van der Waals surface area (Å²) in [6, 6.07) is 0.214. The van der Waals surface area contributed by atoms with Gasteiger partial charge in [-0.25, -0.2) is 4.79 Å². The smallest absolute Gasteiger partial charge is 0.407 e. The molecule has 0 aromatic heterocycles. The normalized spacial score (nSPS) is 25.5. The second-order valence-electron chi connectivity index (χ2n) is 5.53. The largest absolute Gasteiger partial charge is 0.444 e. The van der Waals surface area contributed by atoms with E-state index in [1.807, 2.05) is 20.8 Å². The van der Waals surface area contributed by atoms with Gasteiger partial charge in [-0.05, 0) is 52.4 Å². The fraction of sp³-hybridized carbons (Fsp3) is 0.917. The summed E-state index contributed by atoms with van der Waals surface area (Å²) in [6.45, 7) is 5.81. The molecule has 1 aliphatic rings. The first-order valence-corrected chi connectivity index (χ1v) is 6.01. The van der Waals surface area contributed by atoms with Crippen molar-refractivity contribution < 1.29 is 14.6 Å². The Balaban J connectivity index is 2.26. The molecule has 0 saturated heterocycles. The van der Waals surface area contributed by atoms with Crippen LogP contribution in [-0.4, -0.2) is 29.4 Å². The lowest BCUT2D eigenvalue weighted by molar-refractivity contribution is 0.0504. The first-order chi connectivity index (χ1) is 7.40. The van der Waals surface area contributed by atoms with Crippen LogP contribution in [0.15, 0.2) is 0 Å². The van der Waals surface area contributed by atoms with Crippen molar-refractivity contribution in [2.45, 2.75) is 58.1 Å². The molecule has 1 rings (SSSR count). The highest BCUT2D eigenvalue weighted by Crippen LogP contribution is 2.28. The van der Waals surface area contributed by atoms with E-state index in [9.17, 15) is 4.79 Å². The summed E-state index contributed by atoms with van der Waals surface area (Å²) in [5, 5.41) is 11.7. The van der Waals surface area contributed by atoms with Crippen molar-refractivity contribution >= 4 is 6.09 Å². The Kier molecular flexibility index (Phi) is 4.59. The fourth-order valence-electron chi connectivity index (χ4n) is 2.13. The summed E-state index contributed by atoms with van der Waals surface area (Å²) in [5.41, 5.74) is -0.437. The molecule has 0 aromatic rings. The quantitative estimate of drug-likeness (QED) is 0.778. The van der Waals surface area contributed by atoms with Crippen LogP contribution in [0.25, 0.3) is 0 Å². The highest BCUT2D eigenvalue weighted by molar-refractivity contribution is 5.68. The van der Waals surface area contributed by atoms with Crippen molar-refractivity contribution in [3.05, 3.63) is 0 Å². The Hall–Kier alpha value is -0.770. The number of hydrogen-bond donors (Lipinski definition) is 2. The van der Waals surface area contributed by atoms with Gasteiger partial charge in [0.1, 0.15) is 5.60 Å². The van der Waals surface area contributed by atoms with Crippen LogP contribution in [0.1, 0.15) is 46.5 Å². The molecule has 2 N–H and O–H groups in total. The van der Waals surface area contributed by atoms with E-state index < -0.39 is 5.60 Å². The number of amides is 1. The number of carbonyl (C=O) groups is 1. The lowest BCUT2D eigenvalue weighted by atomic mass is 10.0. The van der Waals surface area contributed by atoms with Gasteiger partial charge in [-0.1, -0.05) is 0 Å². The van der Waals surface area contributed by atoms with Crippen molar-refractivity contribution in [1.29, 1.82) is 0 Å². The topological polar surface area (TPSA) is 58.6 Å². The summed E-state index contributed by atoms with van der Waals surface area (Å²) in [6.07, 6.45) is 3.54. The average Bonchev–Trinajstić information content (AvgIpc) is 2.49. The molecule has 4 heteroatoms. The van der Waals surface area contributed by atoms with E-state index in [1.165, 1.54) is 0 Å². The van der Waals surface area contributed by atoms with Crippen molar-refractivity contribution in [3.8, 4) is 0 Å². The molecular formula is C12H23NO3. The summed E-state index contributed by atoms with van der Waals surface area (Å²) in [4.78, 5) is 11.5. The van der Waals surface area contributed by atoms with Gasteiger partial charge in [0.05, 0.1) is 0 Å². The lowest BCUT2D eigenvalue weighted by Gasteiger charge is -2.21. The van der Waals surface area contributed by atoms with Gasteiger partial charge in [0, 0.05) is 12.6 Å². The molecule has 2 atom stereocenters. The molecule has 4 nitrogen and oxygen atoms in total. The van der Waals surface area contributed by atoms with Gasteiger partial charge in [-0.2, -0.15) is 0 Å². The van der Waals surface area contributed by atoms with Crippen molar-refractivity contribution in [2.24, 2.45) is 5.92 Å². The van der Waals surface area contributed by atoms with E-state index in [1.54, 1.807) is 0 Å². The van der Waals surface area contributed by atoms with E-state index in [4.69, 9.17) is 9.84 Å². The maximum absolute atomic E-state index is 11.5. The Morgan fingerprint density at radius 1 is 1.44 bits per heavy atom. The molecular weight excluding hydrogens is 206 g/mol. The maximum atomic E-state index is 11.5. The number of nitrogens with one attached hydrogen (secondary N) is 1. The summed E-state index contributed by atoms with van der Waals surface area (Å²) in [5.74, 6) is 0.546. The molecule has 0 radical (unpaired) electrons. The van der Waals surface area contributed by atoms with Crippen LogP contribution in [0.2, 0.25) is 0 Å². The monoisotopic (exact) mass is 229 g/mol. The molecule has 1 aliphatic carbocycles. The molecule has 0 unspecified atom stereocenters. The second kappa shape index (κ2) is 5.53. The van der Waals surface area contributed by atoms with Crippen molar-refractivity contribution in [1.82, 2.24) is 5.32 Å². The van der Waals surface area contributed by atoms with Gasteiger partial charge in [0.2, 0.25) is 0 Å². The Labute approximate surface area is 97.4 Å².